The lowest BCUT2D eigenvalue weighted by Gasteiger charge is -2.10. The van der Waals surface area contributed by atoms with Gasteiger partial charge in [0.05, 0.1) is 0 Å². The minimum Gasteiger partial charge on any atom is -0.202 e. The third kappa shape index (κ3) is 2.42. The summed E-state index contributed by atoms with van der Waals surface area (Å²) in [5.74, 6) is -2.84. The number of halogens is 4. The summed E-state index contributed by atoms with van der Waals surface area (Å²) in [5, 5.41) is 0.306. The van der Waals surface area contributed by atoms with Crippen LogP contribution >= 0.6 is 27.5 Å². The first-order chi connectivity index (χ1) is 5.39. The van der Waals surface area contributed by atoms with Crippen molar-refractivity contribution >= 4 is 27.5 Å². The molecule has 0 radical (unpaired) electrons. The first-order valence-corrected chi connectivity index (χ1v) is 4.41. The van der Waals surface area contributed by atoms with Crippen LogP contribution in [0.1, 0.15) is 12.5 Å². The summed E-state index contributed by atoms with van der Waals surface area (Å²) in [6, 6.07) is 4.18. The van der Waals surface area contributed by atoms with Crippen molar-refractivity contribution < 1.29 is 8.78 Å². The van der Waals surface area contributed by atoms with E-state index in [4.69, 9.17) is 11.6 Å². The van der Waals surface area contributed by atoms with Crippen molar-refractivity contribution in [2.75, 3.05) is 0 Å². The Morgan fingerprint density at radius 2 is 1.92 bits per heavy atom. The Labute approximate surface area is 82.7 Å². The highest BCUT2D eigenvalue weighted by atomic mass is 79.9. The maximum absolute atomic E-state index is 12.7. The van der Waals surface area contributed by atoms with Crippen LogP contribution in [-0.2, 0) is 5.92 Å². The van der Waals surface area contributed by atoms with Crippen LogP contribution in [0.15, 0.2) is 22.7 Å². The normalized spacial score (nSPS) is 11.8. The maximum Gasteiger partial charge on any atom is 0.270 e. The van der Waals surface area contributed by atoms with Gasteiger partial charge in [0.25, 0.3) is 5.92 Å². The van der Waals surface area contributed by atoms with E-state index in [1.54, 1.807) is 6.07 Å². The molecule has 0 spiro atoms. The lowest BCUT2D eigenvalue weighted by molar-refractivity contribution is 0.0174. The van der Waals surface area contributed by atoms with Crippen molar-refractivity contribution in [3.63, 3.8) is 0 Å². The molecule has 1 aromatic rings. The van der Waals surface area contributed by atoms with Gasteiger partial charge in [-0.2, -0.15) is 0 Å². The van der Waals surface area contributed by atoms with Crippen molar-refractivity contribution in [2.45, 2.75) is 12.8 Å². The van der Waals surface area contributed by atoms with Gasteiger partial charge in [0.2, 0.25) is 0 Å². The summed E-state index contributed by atoms with van der Waals surface area (Å²) in [6.45, 7) is 0.838. The standard InChI is InChI=1S/C8H6BrClF2/c1-8(11,12)5-2-6(9)4-7(10)3-5/h2-4H,1H3. The van der Waals surface area contributed by atoms with Gasteiger partial charge < -0.3 is 0 Å². The SMILES string of the molecule is CC(F)(F)c1cc(Cl)cc(Br)c1. The molecule has 0 bridgehead atoms. The molecule has 0 saturated carbocycles. The van der Waals surface area contributed by atoms with Crippen molar-refractivity contribution in [3.8, 4) is 0 Å². The lowest BCUT2D eigenvalue weighted by Crippen LogP contribution is -2.06. The molecule has 1 rings (SSSR count). The first kappa shape index (κ1) is 9.93. The second-order valence-corrected chi connectivity index (χ2v) is 3.90. The van der Waals surface area contributed by atoms with E-state index < -0.39 is 5.92 Å². The summed E-state index contributed by atoms with van der Waals surface area (Å²) in [6.07, 6.45) is 0. The van der Waals surface area contributed by atoms with E-state index in [9.17, 15) is 8.78 Å². The van der Waals surface area contributed by atoms with Crippen LogP contribution in [0.3, 0.4) is 0 Å². The van der Waals surface area contributed by atoms with Crippen LogP contribution in [0.25, 0.3) is 0 Å². The molecule has 0 unspecified atom stereocenters. The molecule has 0 saturated heterocycles. The van der Waals surface area contributed by atoms with Gasteiger partial charge in [-0.3, -0.25) is 0 Å². The Hall–Kier alpha value is -0.150. The summed E-state index contributed by atoms with van der Waals surface area (Å²) >= 11 is 8.68. The molecule has 0 heterocycles. The maximum atomic E-state index is 12.7. The predicted octanol–water partition coefficient (Wildman–Crippen LogP) is 4.21. The third-order valence-corrected chi connectivity index (χ3v) is 2.05. The minimum atomic E-state index is -2.84. The van der Waals surface area contributed by atoms with Crippen LogP contribution in [0.2, 0.25) is 5.02 Å². The van der Waals surface area contributed by atoms with E-state index in [2.05, 4.69) is 15.9 Å². The number of hydrogen-bond donors (Lipinski definition) is 0. The predicted molar refractivity (Wildman–Crippen MR) is 48.7 cm³/mol. The minimum absolute atomic E-state index is 0.0816. The average molecular weight is 255 g/mol. The Kier molecular flexibility index (Phi) is 2.74. The van der Waals surface area contributed by atoms with Crippen LogP contribution in [0.5, 0.6) is 0 Å². The molecular formula is C8H6BrClF2. The zero-order chi connectivity index (χ0) is 9.35. The highest BCUT2D eigenvalue weighted by molar-refractivity contribution is 9.10. The fourth-order valence-corrected chi connectivity index (χ4v) is 1.67. The van der Waals surface area contributed by atoms with Crippen molar-refractivity contribution in [1.29, 1.82) is 0 Å². The van der Waals surface area contributed by atoms with Crippen LogP contribution in [0.4, 0.5) is 8.78 Å². The molecular weight excluding hydrogens is 249 g/mol. The molecule has 0 atom stereocenters. The number of benzene rings is 1. The monoisotopic (exact) mass is 254 g/mol. The summed E-state index contributed by atoms with van der Waals surface area (Å²) in [4.78, 5) is 0. The van der Waals surface area contributed by atoms with Crippen LogP contribution < -0.4 is 0 Å². The zero-order valence-electron chi connectivity index (χ0n) is 6.24. The van der Waals surface area contributed by atoms with Gasteiger partial charge >= 0.3 is 0 Å². The summed E-state index contributed by atoms with van der Waals surface area (Å²) < 4.78 is 26.0. The fraction of sp³-hybridized carbons (Fsp3) is 0.250. The quantitative estimate of drug-likeness (QED) is 0.705. The van der Waals surface area contributed by atoms with Gasteiger partial charge in [-0.15, -0.1) is 0 Å². The van der Waals surface area contributed by atoms with Gasteiger partial charge in [-0.1, -0.05) is 27.5 Å². The molecule has 0 nitrogen and oxygen atoms in total. The molecule has 0 aromatic heterocycles. The average Bonchev–Trinajstić information content (AvgIpc) is 1.82. The lowest BCUT2D eigenvalue weighted by atomic mass is 10.1. The van der Waals surface area contributed by atoms with Gasteiger partial charge in [0.15, 0.2) is 0 Å². The van der Waals surface area contributed by atoms with Crippen molar-refractivity contribution in [2.24, 2.45) is 0 Å². The summed E-state index contributed by atoms with van der Waals surface area (Å²) in [7, 11) is 0. The molecule has 0 aliphatic carbocycles. The molecule has 12 heavy (non-hydrogen) atoms. The second-order valence-electron chi connectivity index (χ2n) is 2.55. The Morgan fingerprint density at radius 1 is 1.33 bits per heavy atom. The van der Waals surface area contributed by atoms with E-state index in [1.807, 2.05) is 0 Å². The Bertz CT molecular complexity index is 273. The van der Waals surface area contributed by atoms with Gasteiger partial charge in [-0.25, -0.2) is 8.78 Å². The molecule has 0 N–H and O–H groups in total. The molecule has 0 amide bonds. The zero-order valence-corrected chi connectivity index (χ0v) is 8.59. The summed E-state index contributed by atoms with van der Waals surface area (Å²) in [5.41, 5.74) is -0.0816. The van der Waals surface area contributed by atoms with Gasteiger partial charge in [0.1, 0.15) is 0 Å². The molecule has 0 aliphatic rings. The van der Waals surface area contributed by atoms with E-state index in [1.165, 1.54) is 12.1 Å². The topological polar surface area (TPSA) is 0 Å². The van der Waals surface area contributed by atoms with Gasteiger partial charge in [0, 0.05) is 22.0 Å². The van der Waals surface area contributed by atoms with E-state index in [0.29, 0.717) is 9.50 Å². The van der Waals surface area contributed by atoms with E-state index in [-0.39, 0.29) is 5.56 Å². The molecule has 1 aromatic carbocycles. The highest BCUT2D eigenvalue weighted by Gasteiger charge is 2.24. The molecule has 0 aliphatic heterocycles. The van der Waals surface area contributed by atoms with Crippen molar-refractivity contribution in [1.82, 2.24) is 0 Å². The highest BCUT2D eigenvalue weighted by Crippen LogP contribution is 2.31. The Balaban J connectivity index is 3.18. The largest absolute Gasteiger partial charge is 0.270 e. The van der Waals surface area contributed by atoms with Crippen molar-refractivity contribution in [3.05, 3.63) is 33.3 Å². The van der Waals surface area contributed by atoms with Crippen LogP contribution in [-0.4, -0.2) is 0 Å². The number of rotatable bonds is 1. The van der Waals surface area contributed by atoms with E-state index >= 15 is 0 Å². The third-order valence-electron chi connectivity index (χ3n) is 1.37. The molecule has 4 heteroatoms. The molecule has 0 fully saturated rings. The molecule has 66 valence electrons. The fourth-order valence-electron chi connectivity index (χ4n) is 0.807. The second kappa shape index (κ2) is 3.30. The van der Waals surface area contributed by atoms with E-state index in [0.717, 1.165) is 6.92 Å². The number of hydrogen-bond acceptors (Lipinski definition) is 0. The number of alkyl halides is 2. The Morgan fingerprint density at radius 3 is 2.33 bits per heavy atom. The first-order valence-electron chi connectivity index (χ1n) is 3.24. The van der Waals surface area contributed by atoms with Crippen LogP contribution in [0, 0.1) is 0 Å². The van der Waals surface area contributed by atoms with Gasteiger partial charge in [-0.05, 0) is 18.2 Å². The smallest absolute Gasteiger partial charge is 0.202 e.